The summed E-state index contributed by atoms with van der Waals surface area (Å²) in [5, 5.41) is 17.4. The van der Waals surface area contributed by atoms with Gasteiger partial charge in [0.15, 0.2) is 0 Å². The molecule has 3 amide bonds. The van der Waals surface area contributed by atoms with Crippen LogP contribution in [0.4, 0.5) is 29.3 Å². The molecule has 0 unspecified atom stereocenters. The lowest BCUT2D eigenvalue weighted by molar-refractivity contribution is -0.137. The van der Waals surface area contributed by atoms with Gasteiger partial charge in [-0.05, 0) is 62.1 Å². The van der Waals surface area contributed by atoms with Gasteiger partial charge in [-0.3, -0.25) is 4.79 Å². The van der Waals surface area contributed by atoms with E-state index in [2.05, 4.69) is 16.0 Å². The topological polar surface area (TPSA) is 90.5 Å². The maximum Gasteiger partial charge on any atom is 0.416 e. The van der Waals surface area contributed by atoms with Crippen LogP contribution in [0.5, 0.6) is 0 Å². The molecule has 0 spiro atoms. The lowest BCUT2D eigenvalue weighted by atomic mass is 9.93. The van der Waals surface area contributed by atoms with Gasteiger partial charge in [-0.2, -0.15) is 13.2 Å². The number of anilines is 2. The van der Waals surface area contributed by atoms with Crippen molar-refractivity contribution in [2.75, 3.05) is 10.6 Å². The molecule has 0 radical (unpaired) electrons. The molecule has 0 aliphatic heterocycles. The monoisotopic (exact) mass is 421 g/mol. The van der Waals surface area contributed by atoms with E-state index in [9.17, 15) is 27.9 Å². The zero-order valence-electron chi connectivity index (χ0n) is 16.0. The number of nitrogens with one attached hydrogen (secondary N) is 3. The van der Waals surface area contributed by atoms with Gasteiger partial charge >= 0.3 is 12.2 Å². The van der Waals surface area contributed by atoms with Crippen molar-refractivity contribution in [3.8, 4) is 0 Å². The Morgan fingerprint density at radius 3 is 2.20 bits per heavy atom. The van der Waals surface area contributed by atoms with E-state index in [0.717, 1.165) is 12.1 Å². The summed E-state index contributed by atoms with van der Waals surface area (Å²) in [6.45, 7) is 0. The number of hydrogen-bond donors (Lipinski definition) is 4. The maximum atomic E-state index is 12.8. The molecule has 3 rings (SSSR count). The second-order valence-corrected chi connectivity index (χ2v) is 7.22. The van der Waals surface area contributed by atoms with Crippen molar-refractivity contribution in [1.82, 2.24) is 5.32 Å². The first kappa shape index (κ1) is 21.6. The molecule has 160 valence electrons. The van der Waals surface area contributed by atoms with Crippen LogP contribution < -0.4 is 16.0 Å². The van der Waals surface area contributed by atoms with Crippen LogP contribution in [0.1, 0.15) is 41.6 Å². The SMILES string of the molecule is O=C(Nc1cccc(C(=O)Nc2cccc(C(F)(F)F)c2)c1)NC1CCC(O)CC1. The van der Waals surface area contributed by atoms with Crippen molar-refractivity contribution < 1.29 is 27.9 Å². The largest absolute Gasteiger partial charge is 0.416 e. The van der Waals surface area contributed by atoms with Crippen LogP contribution in [-0.4, -0.2) is 29.2 Å². The summed E-state index contributed by atoms with van der Waals surface area (Å²) in [7, 11) is 0. The van der Waals surface area contributed by atoms with Crippen LogP contribution in [0.15, 0.2) is 48.5 Å². The Kier molecular flexibility index (Phi) is 6.61. The number of alkyl halides is 3. The summed E-state index contributed by atoms with van der Waals surface area (Å²) in [5.41, 5.74) is -0.279. The van der Waals surface area contributed by atoms with Gasteiger partial charge in [0.2, 0.25) is 0 Å². The van der Waals surface area contributed by atoms with Crippen molar-refractivity contribution in [3.05, 3.63) is 59.7 Å². The molecule has 0 atom stereocenters. The van der Waals surface area contributed by atoms with Crippen molar-refractivity contribution in [1.29, 1.82) is 0 Å². The number of urea groups is 1. The summed E-state index contributed by atoms with van der Waals surface area (Å²) >= 11 is 0. The number of benzene rings is 2. The van der Waals surface area contributed by atoms with Crippen LogP contribution in [-0.2, 0) is 6.18 Å². The summed E-state index contributed by atoms with van der Waals surface area (Å²) in [6, 6.07) is 10.0. The molecule has 1 fully saturated rings. The van der Waals surface area contributed by atoms with Gasteiger partial charge in [0, 0.05) is 23.0 Å². The van der Waals surface area contributed by atoms with Gasteiger partial charge in [-0.15, -0.1) is 0 Å². The van der Waals surface area contributed by atoms with Crippen LogP contribution in [0, 0.1) is 0 Å². The molecule has 2 aromatic carbocycles. The van der Waals surface area contributed by atoms with Crippen molar-refractivity contribution >= 4 is 23.3 Å². The molecule has 0 bridgehead atoms. The number of aliphatic hydroxyl groups excluding tert-OH is 1. The summed E-state index contributed by atoms with van der Waals surface area (Å²) in [4.78, 5) is 24.6. The fourth-order valence-corrected chi connectivity index (χ4v) is 3.29. The van der Waals surface area contributed by atoms with E-state index in [1.54, 1.807) is 12.1 Å². The quantitative estimate of drug-likeness (QED) is 0.591. The molecule has 1 saturated carbocycles. The molecule has 9 heteroatoms. The highest BCUT2D eigenvalue weighted by Gasteiger charge is 2.30. The molecule has 2 aromatic rings. The van der Waals surface area contributed by atoms with Crippen LogP contribution in [0.25, 0.3) is 0 Å². The first-order valence-electron chi connectivity index (χ1n) is 9.55. The minimum atomic E-state index is -4.51. The minimum absolute atomic E-state index is 0.0189. The Labute approximate surface area is 171 Å². The fourth-order valence-electron chi connectivity index (χ4n) is 3.29. The van der Waals surface area contributed by atoms with Crippen LogP contribution in [0.3, 0.4) is 0 Å². The molecule has 4 N–H and O–H groups in total. The molecule has 1 aliphatic carbocycles. The number of rotatable bonds is 4. The average Bonchev–Trinajstić information content (AvgIpc) is 2.69. The standard InChI is InChI=1S/C21H22F3N3O3/c22-21(23,24)14-4-2-6-17(12-14)25-19(29)13-3-1-5-16(11-13)27-20(30)26-15-7-9-18(28)10-8-15/h1-6,11-12,15,18,28H,7-10H2,(H,25,29)(H2,26,27,30). The molecule has 0 aromatic heterocycles. The highest BCUT2D eigenvalue weighted by Crippen LogP contribution is 2.30. The third-order valence-electron chi connectivity index (χ3n) is 4.86. The second kappa shape index (κ2) is 9.17. The van der Waals surface area contributed by atoms with E-state index < -0.39 is 23.7 Å². The minimum Gasteiger partial charge on any atom is -0.393 e. The molecular formula is C21H22F3N3O3. The highest BCUT2D eigenvalue weighted by molar-refractivity contribution is 6.05. The fraction of sp³-hybridized carbons (Fsp3) is 0.333. The number of amides is 3. The zero-order chi connectivity index (χ0) is 21.7. The Bertz CT molecular complexity index is 910. The molecular weight excluding hydrogens is 399 g/mol. The van der Waals surface area contributed by atoms with Gasteiger partial charge in [0.25, 0.3) is 5.91 Å². The third kappa shape index (κ3) is 5.96. The van der Waals surface area contributed by atoms with Gasteiger partial charge < -0.3 is 21.1 Å². The lowest BCUT2D eigenvalue weighted by Crippen LogP contribution is -2.40. The van der Waals surface area contributed by atoms with E-state index in [4.69, 9.17) is 0 Å². The van der Waals surface area contributed by atoms with Gasteiger partial charge in [0.05, 0.1) is 11.7 Å². The maximum absolute atomic E-state index is 12.8. The number of halogens is 3. The summed E-state index contributed by atoms with van der Waals surface area (Å²) in [6.07, 6.45) is -2.18. The number of aliphatic hydroxyl groups is 1. The molecule has 30 heavy (non-hydrogen) atoms. The normalized spacial score (nSPS) is 19.1. The van der Waals surface area contributed by atoms with E-state index in [1.165, 1.54) is 24.3 Å². The molecule has 0 heterocycles. The van der Waals surface area contributed by atoms with Crippen molar-refractivity contribution in [2.24, 2.45) is 0 Å². The first-order valence-corrected chi connectivity index (χ1v) is 9.55. The molecule has 6 nitrogen and oxygen atoms in total. The third-order valence-corrected chi connectivity index (χ3v) is 4.86. The Balaban J connectivity index is 1.60. The average molecular weight is 421 g/mol. The summed E-state index contributed by atoms with van der Waals surface area (Å²) < 4.78 is 38.5. The molecule has 0 saturated heterocycles. The first-order chi connectivity index (χ1) is 14.2. The zero-order valence-corrected chi connectivity index (χ0v) is 16.0. The van der Waals surface area contributed by atoms with Crippen LogP contribution >= 0.6 is 0 Å². The van der Waals surface area contributed by atoms with Gasteiger partial charge in [0.1, 0.15) is 0 Å². The number of carbonyl (C=O) groups excluding carboxylic acids is 2. The lowest BCUT2D eigenvalue weighted by Gasteiger charge is -2.26. The Hall–Kier alpha value is -3.07. The van der Waals surface area contributed by atoms with E-state index in [1.807, 2.05) is 0 Å². The van der Waals surface area contributed by atoms with Gasteiger partial charge in [-0.1, -0.05) is 12.1 Å². The van der Waals surface area contributed by atoms with E-state index in [0.29, 0.717) is 31.4 Å². The van der Waals surface area contributed by atoms with E-state index >= 15 is 0 Å². The van der Waals surface area contributed by atoms with Crippen LogP contribution in [0.2, 0.25) is 0 Å². The summed E-state index contributed by atoms with van der Waals surface area (Å²) in [5.74, 6) is -0.598. The Morgan fingerprint density at radius 2 is 1.53 bits per heavy atom. The highest BCUT2D eigenvalue weighted by atomic mass is 19.4. The van der Waals surface area contributed by atoms with Crippen molar-refractivity contribution in [2.45, 2.75) is 44.0 Å². The predicted octanol–water partition coefficient (Wildman–Crippen LogP) is 4.38. The predicted molar refractivity (Wildman–Crippen MR) is 106 cm³/mol. The second-order valence-electron chi connectivity index (χ2n) is 7.22. The van der Waals surface area contributed by atoms with Crippen molar-refractivity contribution in [3.63, 3.8) is 0 Å². The smallest absolute Gasteiger partial charge is 0.393 e. The number of hydrogen-bond acceptors (Lipinski definition) is 3. The Morgan fingerprint density at radius 1 is 0.900 bits per heavy atom. The van der Waals surface area contributed by atoms with E-state index in [-0.39, 0.29) is 23.4 Å². The van der Waals surface area contributed by atoms with Gasteiger partial charge in [-0.25, -0.2) is 4.79 Å². The number of carbonyl (C=O) groups is 2. The molecule has 1 aliphatic rings.